The first kappa shape index (κ1) is 17.2. The Morgan fingerprint density at radius 3 is 2.00 bits per heavy atom. The lowest BCUT2D eigenvalue weighted by atomic mass is 9.86. The molecule has 0 aliphatic heterocycles. The number of rotatable bonds is 3. The second-order valence-corrected chi connectivity index (χ2v) is 9.85. The number of halogens is 3. The minimum absolute atomic E-state index is 0.177. The van der Waals surface area contributed by atoms with E-state index in [1.54, 1.807) is 0 Å². The molecule has 0 bridgehead atoms. The van der Waals surface area contributed by atoms with E-state index in [1.807, 2.05) is 0 Å². The van der Waals surface area contributed by atoms with Crippen LogP contribution in [0.1, 0.15) is 41.2 Å². The molecule has 0 fully saturated rings. The summed E-state index contributed by atoms with van der Waals surface area (Å²) in [6.07, 6.45) is 0. The van der Waals surface area contributed by atoms with Crippen molar-refractivity contribution in [1.29, 1.82) is 0 Å². The smallest absolute Gasteiger partial charge is 0.0876 e. The van der Waals surface area contributed by atoms with Gasteiger partial charge in [0.25, 0.3) is 0 Å². The molecule has 0 aliphatic carbocycles. The van der Waals surface area contributed by atoms with Crippen molar-refractivity contribution in [3.8, 4) is 11.1 Å². The van der Waals surface area contributed by atoms with Gasteiger partial charge in [0.05, 0.1) is 3.74 Å². The molecule has 0 nitrogen and oxygen atoms in total. The molecule has 0 saturated heterocycles. The van der Waals surface area contributed by atoms with E-state index in [-0.39, 0.29) is 9.15 Å². The standard InChI is InChI=1S/C18H19Br3/c1-18(2,3)16-6-4-13(5-7-16)14-8-12(11-19)9-15(10-14)17(20)21/h4-10,17H,11H2,1-3H3. The summed E-state index contributed by atoms with van der Waals surface area (Å²) >= 11 is 10.7. The van der Waals surface area contributed by atoms with E-state index in [2.05, 4.69) is 111 Å². The highest BCUT2D eigenvalue weighted by atomic mass is 79.9. The van der Waals surface area contributed by atoms with Gasteiger partial charge in [-0.1, -0.05) is 105 Å². The molecule has 0 atom stereocenters. The van der Waals surface area contributed by atoms with E-state index in [0.29, 0.717) is 0 Å². The maximum absolute atomic E-state index is 3.59. The van der Waals surface area contributed by atoms with Crippen molar-refractivity contribution in [2.24, 2.45) is 0 Å². The van der Waals surface area contributed by atoms with Crippen LogP contribution in [0.3, 0.4) is 0 Å². The minimum atomic E-state index is 0.177. The third-order valence-corrected chi connectivity index (χ3v) is 5.21. The van der Waals surface area contributed by atoms with Crippen molar-refractivity contribution in [2.75, 3.05) is 0 Å². The van der Waals surface area contributed by atoms with Gasteiger partial charge in [-0.05, 0) is 39.3 Å². The molecule has 0 heterocycles. The second-order valence-electron chi connectivity index (χ2n) is 6.22. The summed E-state index contributed by atoms with van der Waals surface area (Å²) in [6.45, 7) is 6.73. The molecule has 2 aromatic carbocycles. The average Bonchev–Trinajstić information content (AvgIpc) is 2.46. The van der Waals surface area contributed by atoms with Gasteiger partial charge >= 0.3 is 0 Å². The molecule has 0 saturated carbocycles. The first-order chi connectivity index (χ1) is 9.81. The molecule has 0 aliphatic rings. The predicted molar refractivity (Wildman–Crippen MR) is 104 cm³/mol. The fraction of sp³-hybridized carbons (Fsp3) is 0.333. The number of benzene rings is 2. The van der Waals surface area contributed by atoms with Gasteiger partial charge < -0.3 is 0 Å². The number of hydrogen-bond acceptors (Lipinski definition) is 0. The first-order valence-electron chi connectivity index (χ1n) is 6.90. The second kappa shape index (κ2) is 6.97. The quantitative estimate of drug-likeness (QED) is 0.408. The highest BCUT2D eigenvalue weighted by Crippen LogP contribution is 2.34. The maximum atomic E-state index is 3.59. The minimum Gasteiger partial charge on any atom is -0.0876 e. The lowest BCUT2D eigenvalue weighted by Gasteiger charge is -2.19. The zero-order valence-corrected chi connectivity index (χ0v) is 17.2. The molecule has 112 valence electrons. The van der Waals surface area contributed by atoms with Crippen molar-refractivity contribution >= 4 is 47.8 Å². The third kappa shape index (κ3) is 4.43. The normalized spacial score (nSPS) is 12.0. The van der Waals surface area contributed by atoms with Crippen LogP contribution in [-0.4, -0.2) is 0 Å². The van der Waals surface area contributed by atoms with Crippen LogP contribution >= 0.6 is 47.8 Å². The van der Waals surface area contributed by atoms with E-state index in [1.165, 1.54) is 27.8 Å². The SMILES string of the molecule is CC(C)(C)c1ccc(-c2cc(CBr)cc(C(Br)Br)c2)cc1. The Morgan fingerprint density at radius 2 is 1.52 bits per heavy atom. The summed E-state index contributed by atoms with van der Waals surface area (Å²) in [5.41, 5.74) is 6.59. The zero-order chi connectivity index (χ0) is 15.6. The van der Waals surface area contributed by atoms with Gasteiger partial charge in [0, 0.05) is 5.33 Å². The summed E-state index contributed by atoms with van der Waals surface area (Å²) in [6, 6.07) is 15.6. The van der Waals surface area contributed by atoms with E-state index < -0.39 is 0 Å². The van der Waals surface area contributed by atoms with Crippen LogP contribution in [0.5, 0.6) is 0 Å². The van der Waals surface area contributed by atoms with Crippen molar-refractivity contribution < 1.29 is 0 Å². The van der Waals surface area contributed by atoms with E-state index in [9.17, 15) is 0 Å². The van der Waals surface area contributed by atoms with E-state index >= 15 is 0 Å². The highest BCUT2D eigenvalue weighted by Gasteiger charge is 2.13. The Labute approximate surface area is 152 Å². The van der Waals surface area contributed by atoms with E-state index in [0.717, 1.165) is 5.33 Å². The fourth-order valence-electron chi connectivity index (χ4n) is 2.25. The summed E-state index contributed by atoms with van der Waals surface area (Å²) in [5.74, 6) is 0. The molecule has 0 aromatic heterocycles. The number of alkyl halides is 3. The zero-order valence-electron chi connectivity index (χ0n) is 12.5. The lowest BCUT2D eigenvalue weighted by molar-refractivity contribution is 0.590. The summed E-state index contributed by atoms with van der Waals surface area (Å²) in [7, 11) is 0. The lowest BCUT2D eigenvalue weighted by Crippen LogP contribution is -2.10. The molecular formula is C18H19Br3. The Balaban J connectivity index is 2.44. The van der Waals surface area contributed by atoms with Gasteiger partial charge in [-0.3, -0.25) is 0 Å². The monoisotopic (exact) mass is 472 g/mol. The Kier molecular flexibility index (Phi) is 5.72. The molecule has 0 radical (unpaired) electrons. The van der Waals surface area contributed by atoms with Crippen LogP contribution in [0.4, 0.5) is 0 Å². The van der Waals surface area contributed by atoms with Crippen molar-refractivity contribution in [2.45, 2.75) is 35.3 Å². The Hall–Kier alpha value is -0.120. The fourth-order valence-corrected chi connectivity index (χ4v) is 3.10. The Bertz CT molecular complexity index is 607. The average molecular weight is 475 g/mol. The summed E-state index contributed by atoms with van der Waals surface area (Å²) < 4.78 is 0.177. The highest BCUT2D eigenvalue weighted by molar-refractivity contribution is 9.24. The molecule has 2 aromatic rings. The van der Waals surface area contributed by atoms with Crippen LogP contribution in [-0.2, 0) is 10.7 Å². The molecule has 0 N–H and O–H groups in total. The largest absolute Gasteiger partial charge is 0.0946 e. The van der Waals surface area contributed by atoms with Crippen molar-refractivity contribution in [3.05, 3.63) is 59.2 Å². The molecule has 2 rings (SSSR count). The van der Waals surface area contributed by atoms with Crippen LogP contribution in [0.15, 0.2) is 42.5 Å². The van der Waals surface area contributed by atoms with E-state index in [4.69, 9.17) is 0 Å². The van der Waals surface area contributed by atoms with Gasteiger partial charge in [-0.2, -0.15) is 0 Å². The van der Waals surface area contributed by atoms with Crippen molar-refractivity contribution in [1.82, 2.24) is 0 Å². The Morgan fingerprint density at radius 1 is 0.905 bits per heavy atom. The first-order valence-corrected chi connectivity index (χ1v) is 9.85. The van der Waals surface area contributed by atoms with Gasteiger partial charge in [-0.25, -0.2) is 0 Å². The summed E-state index contributed by atoms with van der Waals surface area (Å²) in [4.78, 5) is 0. The number of hydrogen-bond donors (Lipinski definition) is 0. The summed E-state index contributed by atoms with van der Waals surface area (Å²) in [5, 5.41) is 0.862. The molecule has 0 amide bonds. The molecular weight excluding hydrogens is 456 g/mol. The molecule has 0 unspecified atom stereocenters. The van der Waals surface area contributed by atoms with Crippen molar-refractivity contribution in [3.63, 3.8) is 0 Å². The van der Waals surface area contributed by atoms with Crippen LogP contribution in [0.2, 0.25) is 0 Å². The van der Waals surface area contributed by atoms with Gasteiger partial charge in [0.2, 0.25) is 0 Å². The predicted octanol–water partition coefficient (Wildman–Crippen LogP) is 7.33. The third-order valence-electron chi connectivity index (χ3n) is 3.51. The van der Waals surface area contributed by atoms with Gasteiger partial charge in [-0.15, -0.1) is 0 Å². The van der Waals surface area contributed by atoms with Gasteiger partial charge in [0.15, 0.2) is 0 Å². The van der Waals surface area contributed by atoms with Gasteiger partial charge in [0.1, 0.15) is 0 Å². The van der Waals surface area contributed by atoms with Crippen LogP contribution in [0, 0.1) is 0 Å². The topological polar surface area (TPSA) is 0 Å². The maximum Gasteiger partial charge on any atom is 0.0946 e. The molecule has 3 heteroatoms. The van der Waals surface area contributed by atoms with Crippen LogP contribution < -0.4 is 0 Å². The van der Waals surface area contributed by atoms with Crippen LogP contribution in [0.25, 0.3) is 11.1 Å². The molecule has 0 spiro atoms. The molecule has 21 heavy (non-hydrogen) atoms.